The monoisotopic (exact) mass is 252 g/mol. The summed E-state index contributed by atoms with van der Waals surface area (Å²) in [5.74, 6) is 0. The minimum atomic E-state index is -0.0500. The molecular formula is C11H9ClN2OS. The highest BCUT2D eigenvalue weighted by Gasteiger charge is 2.03. The number of halogens is 1. The van der Waals surface area contributed by atoms with Crippen LogP contribution in [0.1, 0.15) is 5.56 Å². The number of hydrogen-bond donors (Lipinski definition) is 1. The summed E-state index contributed by atoms with van der Waals surface area (Å²) in [4.78, 5) is 9.16. The molecule has 0 fully saturated rings. The molecular weight excluding hydrogens is 244 g/mol. The summed E-state index contributed by atoms with van der Waals surface area (Å²) in [5.41, 5.74) is 0.722. The first-order chi connectivity index (χ1) is 7.79. The molecule has 0 spiro atoms. The van der Waals surface area contributed by atoms with Crippen LogP contribution in [0.15, 0.2) is 46.7 Å². The number of nitrogens with zero attached hydrogens (tertiary/aromatic N) is 2. The molecule has 0 saturated heterocycles. The summed E-state index contributed by atoms with van der Waals surface area (Å²) < 4.78 is 0. The van der Waals surface area contributed by atoms with Crippen molar-refractivity contribution in [3.8, 4) is 0 Å². The van der Waals surface area contributed by atoms with Crippen molar-refractivity contribution in [3.05, 3.63) is 47.2 Å². The molecule has 0 atom stereocenters. The van der Waals surface area contributed by atoms with E-state index in [9.17, 15) is 0 Å². The summed E-state index contributed by atoms with van der Waals surface area (Å²) >= 11 is 7.41. The van der Waals surface area contributed by atoms with E-state index < -0.39 is 0 Å². The van der Waals surface area contributed by atoms with Crippen molar-refractivity contribution in [3.63, 3.8) is 0 Å². The normalized spacial score (nSPS) is 10.4. The first-order valence-electron chi connectivity index (χ1n) is 4.64. The molecule has 0 aliphatic rings. The molecule has 3 nitrogen and oxygen atoms in total. The second kappa shape index (κ2) is 5.30. The van der Waals surface area contributed by atoms with Crippen LogP contribution < -0.4 is 0 Å². The van der Waals surface area contributed by atoms with Gasteiger partial charge in [0.15, 0.2) is 5.16 Å². The fourth-order valence-corrected chi connectivity index (χ4v) is 2.22. The maximum atomic E-state index is 8.98. The molecule has 1 N–H and O–H groups in total. The van der Waals surface area contributed by atoms with Gasteiger partial charge < -0.3 is 5.11 Å². The lowest BCUT2D eigenvalue weighted by molar-refractivity contribution is 0.282. The Kier molecular flexibility index (Phi) is 3.77. The van der Waals surface area contributed by atoms with Gasteiger partial charge in [0.2, 0.25) is 0 Å². The van der Waals surface area contributed by atoms with Crippen LogP contribution in [-0.4, -0.2) is 15.1 Å². The van der Waals surface area contributed by atoms with E-state index in [0.717, 1.165) is 10.5 Å². The van der Waals surface area contributed by atoms with Crippen LogP contribution >= 0.6 is 23.4 Å². The number of hydrogen-bond acceptors (Lipinski definition) is 4. The van der Waals surface area contributed by atoms with E-state index in [2.05, 4.69) is 9.97 Å². The average molecular weight is 253 g/mol. The first-order valence-corrected chi connectivity index (χ1v) is 5.83. The Labute approximate surface area is 103 Å². The summed E-state index contributed by atoms with van der Waals surface area (Å²) in [6.07, 6.45) is 3.39. The predicted octanol–water partition coefficient (Wildman–Crippen LogP) is 2.77. The highest BCUT2D eigenvalue weighted by molar-refractivity contribution is 7.99. The molecule has 0 aliphatic heterocycles. The third-order valence-electron chi connectivity index (χ3n) is 1.95. The summed E-state index contributed by atoms with van der Waals surface area (Å²) in [5, 5.41) is 10.2. The van der Waals surface area contributed by atoms with Crippen molar-refractivity contribution in [2.45, 2.75) is 16.7 Å². The minimum Gasteiger partial charge on any atom is -0.392 e. The van der Waals surface area contributed by atoms with E-state index in [4.69, 9.17) is 16.7 Å². The number of aliphatic hydroxyl groups excluding tert-OH is 1. The van der Waals surface area contributed by atoms with Crippen LogP contribution in [0.4, 0.5) is 0 Å². The number of benzene rings is 1. The third-order valence-corrected chi connectivity index (χ3v) is 3.18. The van der Waals surface area contributed by atoms with Crippen molar-refractivity contribution < 1.29 is 5.11 Å². The zero-order chi connectivity index (χ0) is 11.4. The van der Waals surface area contributed by atoms with Gasteiger partial charge in [-0.1, -0.05) is 17.7 Å². The number of aromatic nitrogens is 2. The lowest BCUT2D eigenvalue weighted by Gasteiger charge is -2.03. The number of rotatable bonds is 3. The van der Waals surface area contributed by atoms with Gasteiger partial charge >= 0.3 is 0 Å². The smallest absolute Gasteiger partial charge is 0.192 e. The van der Waals surface area contributed by atoms with Gasteiger partial charge in [-0.3, -0.25) is 0 Å². The maximum Gasteiger partial charge on any atom is 0.192 e. The topological polar surface area (TPSA) is 46.0 Å². The van der Waals surface area contributed by atoms with Crippen molar-refractivity contribution in [2.24, 2.45) is 0 Å². The van der Waals surface area contributed by atoms with E-state index in [1.54, 1.807) is 30.6 Å². The molecule has 1 aromatic heterocycles. The maximum absolute atomic E-state index is 8.98. The van der Waals surface area contributed by atoms with Crippen LogP contribution in [0.5, 0.6) is 0 Å². The zero-order valence-electron chi connectivity index (χ0n) is 8.30. The van der Waals surface area contributed by atoms with Crippen molar-refractivity contribution in [2.75, 3.05) is 0 Å². The molecule has 2 rings (SSSR count). The fraction of sp³-hybridized carbons (Fsp3) is 0.0909. The summed E-state index contributed by atoms with van der Waals surface area (Å²) in [6.45, 7) is -0.0500. The number of aliphatic hydroxyl groups is 1. The molecule has 0 amide bonds. The summed E-state index contributed by atoms with van der Waals surface area (Å²) in [7, 11) is 0. The van der Waals surface area contributed by atoms with E-state index in [0.29, 0.717) is 10.2 Å². The molecule has 0 bridgehead atoms. The van der Waals surface area contributed by atoms with Crippen LogP contribution in [0.25, 0.3) is 0 Å². The van der Waals surface area contributed by atoms with Crippen LogP contribution in [0, 0.1) is 0 Å². The Morgan fingerprint density at radius 2 is 2.00 bits per heavy atom. The van der Waals surface area contributed by atoms with Crippen LogP contribution in [0.3, 0.4) is 0 Å². The van der Waals surface area contributed by atoms with Crippen molar-refractivity contribution in [1.29, 1.82) is 0 Å². The van der Waals surface area contributed by atoms with E-state index in [1.807, 2.05) is 6.07 Å². The molecule has 2 aromatic rings. The molecule has 1 aromatic carbocycles. The Hall–Kier alpha value is -1.10. The van der Waals surface area contributed by atoms with Crippen molar-refractivity contribution >= 4 is 23.4 Å². The third kappa shape index (κ3) is 2.72. The van der Waals surface area contributed by atoms with E-state index in [1.165, 1.54) is 11.8 Å². The van der Waals surface area contributed by atoms with Crippen molar-refractivity contribution in [1.82, 2.24) is 9.97 Å². The first kappa shape index (κ1) is 11.4. The quantitative estimate of drug-likeness (QED) is 0.854. The Morgan fingerprint density at radius 3 is 2.62 bits per heavy atom. The lowest BCUT2D eigenvalue weighted by atomic mass is 10.2. The fourth-order valence-electron chi connectivity index (χ4n) is 1.16. The van der Waals surface area contributed by atoms with Gasteiger partial charge in [0, 0.05) is 22.3 Å². The highest BCUT2D eigenvalue weighted by Crippen LogP contribution is 2.28. The Bertz CT molecular complexity index is 479. The molecule has 0 unspecified atom stereocenters. The van der Waals surface area contributed by atoms with Gasteiger partial charge in [-0.15, -0.1) is 0 Å². The predicted molar refractivity (Wildman–Crippen MR) is 63.5 cm³/mol. The minimum absolute atomic E-state index is 0.0500. The SMILES string of the molecule is OCc1ccc(Sc2ncccn2)cc1Cl. The molecule has 5 heteroatoms. The second-order valence-corrected chi connectivity index (χ2v) is 4.49. The molecule has 0 radical (unpaired) electrons. The van der Waals surface area contributed by atoms with Gasteiger partial charge in [-0.05, 0) is 35.5 Å². The molecule has 0 saturated carbocycles. The highest BCUT2D eigenvalue weighted by atomic mass is 35.5. The van der Waals surface area contributed by atoms with Gasteiger partial charge in [-0.2, -0.15) is 0 Å². The van der Waals surface area contributed by atoms with Gasteiger partial charge in [0.05, 0.1) is 6.61 Å². The van der Waals surface area contributed by atoms with Gasteiger partial charge in [0.25, 0.3) is 0 Å². The zero-order valence-corrected chi connectivity index (χ0v) is 9.87. The van der Waals surface area contributed by atoms with Crippen LogP contribution in [0.2, 0.25) is 5.02 Å². The standard InChI is InChI=1S/C11H9ClN2OS/c12-10-6-9(3-2-8(10)7-15)16-11-13-4-1-5-14-11/h1-6,15H,7H2. The molecule has 1 heterocycles. The van der Waals surface area contributed by atoms with Gasteiger partial charge in [-0.25, -0.2) is 9.97 Å². The van der Waals surface area contributed by atoms with Gasteiger partial charge in [0.1, 0.15) is 0 Å². The Morgan fingerprint density at radius 1 is 1.25 bits per heavy atom. The summed E-state index contributed by atoms with van der Waals surface area (Å²) in [6, 6.07) is 7.26. The second-order valence-electron chi connectivity index (χ2n) is 3.04. The molecule has 16 heavy (non-hydrogen) atoms. The lowest BCUT2D eigenvalue weighted by Crippen LogP contribution is -1.86. The average Bonchev–Trinajstić information content (AvgIpc) is 2.31. The Balaban J connectivity index is 2.20. The van der Waals surface area contributed by atoms with Crippen LogP contribution in [-0.2, 0) is 6.61 Å². The molecule has 82 valence electrons. The van der Waals surface area contributed by atoms with E-state index in [-0.39, 0.29) is 6.61 Å². The molecule has 0 aliphatic carbocycles. The largest absolute Gasteiger partial charge is 0.392 e. The van der Waals surface area contributed by atoms with E-state index >= 15 is 0 Å².